The van der Waals surface area contributed by atoms with Crippen LogP contribution in [0.15, 0.2) is 159 Å². The van der Waals surface area contributed by atoms with Gasteiger partial charge in [0.25, 0.3) is 0 Å². The number of hydrogen-bond acceptors (Lipinski definition) is 2. The Morgan fingerprint density at radius 3 is 2.38 bits per heavy atom. The average Bonchev–Trinajstić information content (AvgIpc) is 3.59. The second kappa shape index (κ2) is 14.9. The number of furan rings is 1. The monoisotopic (exact) mass is 652 g/mol. The molecule has 0 amide bonds. The highest BCUT2D eigenvalue weighted by atomic mass is 16.3. The first kappa shape index (κ1) is 33.0. The summed E-state index contributed by atoms with van der Waals surface area (Å²) in [5.74, 6) is 0.701. The van der Waals surface area contributed by atoms with Gasteiger partial charge in [-0.1, -0.05) is 116 Å². The predicted octanol–water partition coefficient (Wildman–Crippen LogP) is 13.3. The molecule has 0 unspecified atom stereocenters. The Kier molecular flexibility index (Phi) is 9.84. The first-order chi connectivity index (χ1) is 24.5. The number of rotatable bonds is 8. The van der Waals surface area contributed by atoms with Crippen LogP contribution in [-0.2, 0) is 0 Å². The van der Waals surface area contributed by atoms with E-state index in [4.69, 9.17) is 14.4 Å². The maximum Gasteiger partial charge on any atom is 0.160 e. The number of nitrogens with zero attached hydrogens (tertiary/aromatic N) is 2. The molecule has 1 aliphatic carbocycles. The number of amidine groups is 1. The first-order valence-corrected chi connectivity index (χ1v) is 17.9. The van der Waals surface area contributed by atoms with Crippen molar-refractivity contribution in [2.24, 2.45) is 9.98 Å². The maximum atomic E-state index is 6.26. The molecule has 5 aromatic carbocycles. The predicted molar refractivity (Wildman–Crippen MR) is 215 cm³/mol. The second-order valence-corrected chi connectivity index (χ2v) is 13.1. The lowest BCUT2D eigenvalue weighted by atomic mass is 9.94. The third kappa shape index (κ3) is 6.82. The molecule has 1 aliphatic rings. The summed E-state index contributed by atoms with van der Waals surface area (Å²) in [6, 6.07) is 36.4. The fraction of sp³-hybridized carbons (Fsp3) is 0.191. The van der Waals surface area contributed by atoms with Gasteiger partial charge < -0.3 is 4.42 Å². The standard InChI is InChI=1S/C47H44N2O/c1-5-16-37(38-27-28-42-39(29-38)26-25-35-19-13-14-22-41(35)42)30-40-31-50-44-24-15-23-43(45(40)44)47(48-33(4)34-17-9-7-10-18-34)49-46(32(3)6-2)36-20-11-8-12-21-36/h5,7,9-10,13-20,22-31H,6,8,11-12,21H2,1-4H3/b16-5-,37-30+,46-32-,48-33?,49-47?. The smallest absolute Gasteiger partial charge is 0.160 e. The minimum atomic E-state index is 0.701. The lowest BCUT2D eigenvalue weighted by Crippen LogP contribution is -2.07. The zero-order valence-electron chi connectivity index (χ0n) is 29.5. The quantitative estimate of drug-likeness (QED) is 0.0698. The van der Waals surface area contributed by atoms with E-state index in [0.29, 0.717) is 5.84 Å². The molecule has 0 radical (unpaired) electrons. The van der Waals surface area contributed by atoms with Crippen LogP contribution in [0.4, 0.5) is 0 Å². The molecule has 0 spiro atoms. The summed E-state index contributed by atoms with van der Waals surface area (Å²) in [6.07, 6.45) is 16.3. The maximum absolute atomic E-state index is 6.26. The van der Waals surface area contributed by atoms with Crippen LogP contribution >= 0.6 is 0 Å². The minimum absolute atomic E-state index is 0.701. The van der Waals surface area contributed by atoms with E-state index in [0.717, 1.165) is 69.5 Å². The van der Waals surface area contributed by atoms with E-state index < -0.39 is 0 Å². The highest BCUT2D eigenvalue weighted by molar-refractivity contribution is 6.18. The summed E-state index contributed by atoms with van der Waals surface area (Å²) >= 11 is 0. The van der Waals surface area contributed by atoms with Crippen molar-refractivity contribution in [1.29, 1.82) is 0 Å². The lowest BCUT2D eigenvalue weighted by molar-refractivity contribution is 0.615. The van der Waals surface area contributed by atoms with E-state index in [1.165, 1.54) is 45.5 Å². The molecule has 0 aliphatic heterocycles. The van der Waals surface area contributed by atoms with Gasteiger partial charge in [-0.25, -0.2) is 9.98 Å². The van der Waals surface area contributed by atoms with Crippen LogP contribution in [-0.4, -0.2) is 11.5 Å². The molecule has 0 bridgehead atoms. The van der Waals surface area contributed by atoms with Crippen LogP contribution in [0, 0.1) is 0 Å². The first-order valence-electron chi connectivity index (χ1n) is 17.9. The van der Waals surface area contributed by atoms with Gasteiger partial charge in [-0.05, 0) is 120 Å². The average molecular weight is 653 g/mol. The van der Waals surface area contributed by atoms with E-state index in [1.807, 2.05) is 24.5 Å². The number of hydrogen-bond donors (Lipinski definition) is 0. The highest BCUT2D eigenvalue weighted by Crippen LogP contribution is 2.34. The number of fused-ring (bicyclic) bond motifs is 4. The third-order valence-electron chi connectivity index (χ3n) is 9.82. The molecule has 1 heterocycles. The van der Waals surface area contributed by atoms with Gasteiger partial charge in [0, 0.05) is 22.2 Å². The zero-order valence-corrected chi connectivity index (χ0v) is 29.5. The Labute approximate surface area is 295 Å². The molecule has 0 fully saturated rings. The van der Waals surface area contributed by atoms with Crippen LogP contribution in [0.2, 0.25) is 0 Å². The summed E-state index contributed by atoms with van der Waals surface area (Å²) in [6.45, 7) is 8.56. The molecule has 0 saturated heterocycles. The lowest BCUT2D eigenvalue weighted by Gasteiger charge is -2.17. The molecule has 0 N–H and O–H groups in total. The third-order valence-corrected chi connectivity index (χ3v) is 9.82. The summed E-state index contributed by atoms with van der Waals surface area (Å²) in [5.41, 5.74) is 10.7. The molecular formula is C47H44N2O. The van der Waals surface area contributed by atoms with E-state index in [1.54, 1.807) is 0 Å². The largest absolute Gasteiger partial charge is 0.464 e. The van der Waals surface area contributed by atoms with E-state index in [2.05, 4.69) is 137 Å². The molecule has 7 rings (SSSR count). The van der Waals surface area contributed by atoms with Crippen LogP contribution < -0.4 is 0 Å². The van der Waals surface area contributed by atoms with Crippen molar-refractivity contribution in [2.45, 2.75) is 59.8 Å². The van der Waals surface area contributed by atoms with Gasteiger partial charge in [0.15, 0.2) is 5.84 Å². The van der Waals surface area contributed by atoms with Crippen molar-refractivity contribution >= 4 is 55.7 Å². The van der Waals surface area contributed by atoms with Crippen molar-refractivity contribution in [3.63, 3.8) is 0 Å². The SMILES string of the molecule is C/C=C\C(=C/c1coc2cccc(C(N=C(C)c3ccccc3)=N/C(C3=CCCCC3)=C(/C)CC)c12)c1ccc2c(ccc3ccccc32)c1. The zero-order chi connectivity index (χ0) is 34.5. The molecule has 50 heavy (non-hydrogen) atoms. The number of allylic oxidation sites excluding steroid dienone is 6. The molecule has 3 heteroatoms. The van der Waals surface area contributed by atoms with Gasteiger partial charge in [-0.3, -0.25) is 0 Å². The van der Waals surface area contributed by atoms with Crippen molar-refractivity contribution in [3.05, 3.63) is 167 Å². The topological polar surface area (TPSA) is 37.9 Å². The second-order valence-electron chi connectivity index (χ2n) is 13.1. The van der Waals surface area contributed by atoms with Crippen LogP contribution in [0.3, 0.4) is 0 Å². The van der Waals surface area contributed by atoms with E-state index in [9.17, 15) is 0 Å². The highest BCUT2D eigenvalue weighted by Gasteiger charge is 2.18. The molecule has 1 aromatic heterocycles. The number of benzene rings is 5. The van der Waals surface area contributed by atoms with Crippen molar-refractivity contribution in [3.8, 4) is 0 Å². The van der Waals surface area contributed by atoms with Gasteiger partial charge in [0.1, 0.15) is 5.58 Å². The van der Waals surface area contributed by atoms with Crippen LogP contribution in [0.5, 0.6) is 0 Å². The van der Waals surface area contributed by atoms with Gasteiger partial charge >= 0.3 is 0 Å². The number of aliphatic imine (C=N–C) groups is 2. The Balaban J connectivity index is 1.41. The molecule has 248 valence electrons. The summed E-state index contributed by atoms with van der Waals surface area (Å²) in [7, 11) is 0. The Morgan fingerprint density at radius 2 is 1.58 bits per heavy atom. The normalized spacial score (nSPS) is 15.3. The molecular weight excluding hydrogens is 609 g/mol. The molecule has 6 aromatic rings. The van der Waals surface area contributed by atoms with Crippen LogP contribution in [0.25, 0.3) is 44.2 Å². The van der Waals surface area contributed by atoms with Gasteiger partial charge in [-0.15, -0.1) is 0 Å². The fourth-order valence-electron chi connectivity index (χ4n) is 6.99. The molecule has 0 saturated carbocycles. The van der Waals surface area contributed by atoms with Crippen molar-refractivity contribution in [2.75, 3.05) is 0 Å². The Morgan fingerprint density at radius 1 is 0.780 bits per heavy atom. The minimum Gasteiger partial charge on any atom is -0.464 e. The van der Waals surface area contributed by atoms with E-state index in [-0.39, 0.29) is 0 Å². The Bertz CT molecular complexity index is 2380. The van der Waals surface area contributed by atoms with Crippen molar-refractivity contribution < 1.29 is 4.42 Å². The van der Waals surface area contributed by atoms with Crippen molar-refractivity contribution in [1.82, 2.24) is 0 Å². The van der Waals surface area contributed by atoms with E-state index >= 15 is 0 Å². The summed E-state index contributed by atoms with van der Waals surface area (Å²) in [4.78, 5) is 10.8. The van der Waals surface area contributed by atoms with Crippen LogP contribution in [0.1, 0.15) is 82.1 Å². The summed E-state index contributed by atoms with van der Waals surface area (Å²) < 4.78 is 6.26. The van der Waals surface area contributed by atoms with Gasteiger partial charge in [-0.2, -0.15) is 0 Å². The fourth-order valence-corrected chi connectivity index (χ4v) is 6.99. The molecule has 3 nitrogen and oxygen atoms in total. The van der Waals surface area contributed by atoms with Gasteiger partial charge in [0.05, 0.1) is 12.0 Å². The molecule has 0 atom stereocenters. The Hall–Kier alpha value is -5.54. The summed E-state index contributed by atoms with van der Waals surface area (Å²) in [5, 5.41) is 6.01. The van der Waals surface area contributed by atoms with Gasteiger partial charge in [0.2, 0.25) is 0 Å².